The first-order valence-electron chi connectivity index (χ1n) is 4.55. The molecule has 1 aromatic carbocycles. The molecular weight excluding hydrogens is 221 g/mol. The number of benzene rings is 1. The van der Waals surface area contributed by atoms with Crippen LogP contribution >= 0.6 is 0 Å². The summed E-state index contributed by atoms with van der Waals surface area (Å²) in [5, 5.41) is 9.62. The summed E-state index contributed by atoms with van der Waals surface area (Å²) in [6.07, 6.45) is -4.13. The minimum atomic E-state index is -4.42. The van der Waals surface area contributed by atoms with Crippen molar-refractivity contribution >= 4 is 6.29 Å². The molecule has 0 fully saturated rings. The Hall–Kier alpha value is -1.36. The molecule has 1 atom stereocenters. The molecule has 0 saturated heterocycles. The molecule has 5 heteroatoms. The number of aldehydes is 1. The quantitative estimate of drug-likeness (QED) is 0.795. The van der Waals surface area contributed by atoms with Gasteiger partial charge in [0.1, 0.15) is 5.60 Å². The number of carbonyl (C=O) groups is 1. The Morgan fingerprint density at radius 3 is 2.25 bits per heavy atom. The number of halogens is 3. The standard InChI is InChI=1S/C11H11F3O2/c1-7-5-8(11(12,13)14)3-4-9(7)10(2,16)6-15/h3-6,16H,1-2H3. The minimum absolute atomic E-state index is 0.176. The van der Waals surface area contributed by atoms with E-state index in [2.05, 4.69) is 0 Å². The summed E-state index contributed by atoms with van der Waals surface area (Å²) >= 11 is 0. The zero-order chi connectivity index (χ0) is 12.6. The van der Waals surface area contributed by atoms with Crippen LogP contribution in [0, 0.1) is 6.92 Å². The van der Waals surface area contributed by atoms with Crippen molar-refractivity contribution in [2.45, 2.75) is 25.6 Å². The van der Waals surface area contributed by atoms with Crippen molar-refractivity contribution in [3.63, 3.8) is 0 Å². The van der Waals surface area contributed by atoms with E-state index in [0.29, 0.717) is 6.29 Å². The van der Waals surface area contributed by atoms with Crippen molar-refractivity contribution in [3.05, 3.63) is 34.9 Å². The van der Waals surface area contributed by atoms with Gasteiger partial charge in [-0.25, -0.2) is 0 Å². The van der Waals surface area contributed by atoms with Gasteiger partial charge in [0.05, 0.1) is 5.56 Å². The summed E-state index contributed by atoms with van der Waals surface area (Å²) in [6, 6.07) is 2.88. The van der Waals surface area contributed by atoms with Crippen LogP contribution in [0.3, 0.4) is 0 Å². The molecular formula is C11H11F3O2. The van der Waals surface area contributed by atoms with Gasteiger partial charge in [0, 0.05) is 0 Å². The molecule has 2 nitrogen and oxygen atoms in total. The number of alkyl halides is 3. The number of aryl methyl sites for hydroxylation is 1. The van der Waals surface area contributed by atoms with Crippen LogP contribution in [0.1, 0.15) is 23.6 Å². The van der Waals surface area contributed by atoms with Crippen molar-refractivity contribution in [1.82, 2.24) is 0 Å². The smallest absolute Gasteiger partial charge is 0.378 e. The summed E-state index contributed by atoms with van der Waals surface area (Å²) in [4.78, 5) is 10.6. The highest BCUT2D eigenvalue weighted by Crippen LogP contribution is 2.32. The molecule has 16 heavy (non-hydrogen) atoms. The van der Waals surface area contributed by atoms with Gasteiger partial charge >= 0.3 is 6.18 Å². The fraction of sp³-hybridized carbons (Fsp3) is 0.364. The third-order valence-corrected chi connectivity index (χ3v) is 2.33. The van der Waals surface area contributed by atoms with E-state index in [9.17, 15) is 23.1 Å². The second-order valence-corrected chi connectivity index (χ2v) is 3.79. The summed E-state index contributed by atoms with van der Waals surface area (Å²) in [6.45, 7) is 2.65. The Morgan fingerprint density at radius 2 is 1.88 bits per heavy atom. The largest absolute Gasteiger partial charge is 0.416 e. The second-order valence-electron chi connectivity index (χ2n) is 3.79. The number of hydrogen-bond acceptors (Lipinski definition) is 2. The molecule has 0 amide bonds. The van der Waals surface area contributed by atoms with Crippen LogP contribution in [0.2, 0.25) is 0 Å². The Balaban J connectivity index is 3.25. The van der Waals surface area contributed by atoms with Crippen LogP contribution in [0.5, 0.6) is 0 Å². The zero-order valence-corrected chi connectivity index (χ0v) is 8.80. The highest BCUT2D eigenvalue weighted by atomic mass is 19.4. The van der Waals surface area contributed by atoms with E-state index in [-0.39, 0.29) is 11.1 Å². The van der Waals surface area contributed by atoms with E-state index in [1.807, 2.05) is 0 Å². The van der Waals surface area contributed by atoms with E-state index < -0.39 is 17.3 Å². The van der Waals surface area contributed by atoms with Gasteiger partial charge in [-0.15, -0.1) is 0 Å². The molecule has 1 unspecified atom stereocenters. The van der Waals surface area contributed by atoms with Gasteiger partial charge in [0.2, 0.25) is 0 Å². The predicted octanol–water partition coefficient (Wildman–Crippen LogP) is 2.42. The van der Waals surface area contributed by atoms with E-state index in [1.165, 1.54) is 13.8 Å². The SMILES string of the molecule is Cc1cc(C(F)(F)F)ccc1C(C)(O)C=O. The van der Waals surface area contributed by atoms with Crippen molar-refractivity contribution < 1.29 is 23.1 Å². The highest BCUT2D eigenvalue weighted by molar-refractivity contribution is 5.66. The predicted molar refractivity (Wildman–Crippen MR) is 51.8 cm³/mol. The molecule has 0 heterocycles. The minimum Gasteiger partial charge on any atom is -0.378 e. The summed E-state index contributed by atoms with van der Waals surface area (Å²) in [5.74, 6) is 0. The maximum atomic E-state index is 12.3. The lowest BCUT2D eigenvalue weighted by Gasteiger charge is -2.20. The molecule has 0 aromatic heterocycles. The van der Waals surface area contributed by atoms with Gasteiger partial charge in [-0.05, 0) is 37.1 Å². The van der Waals surface area contributed by atoms with Crippen LogP contribution in [0.15, 0.2) is 18.2 Å². The van der Waals surface area contributed by atoms with E-state index in [4.69, 9.17) is 0 Å². The normalized spacial score (nSPS) is 15.6. The lowest BCUT2D eigenvalue weighted by molar-refractivity contribution is -0.137. The lowest BCUT2D eigenvalue weighted by atomic mass is 9.92. The van der Waals surface area contributed by atoms with Gasteiger partial charge in [-0.2, -0.15) is 13.2 Å². The first kappa shape index (κ1) is 12.7. The molecule has 1 N–H and O–H groups in total. The number of aliphatic hydroxyl groups is 1. The topological polar surface area (TPSA) is 37.3 Å². The molecule has 1 aromatic rings. The Bertz CT molecular complexity index is 408. The van der Waals surface area contributed by atoms with Crippen molar-refractivity contribution in [3.8, 4) is 0 Å². The van der Waals surface area contributed by atoms with E-state index in [0.717, 1.165) is 18.2 Å². The first-order chi connectivity index (χ1) is 7.18. The molecule has 0 bridgehead atoms. The van der Waals surface area contributed by atoms with Crippen molar-refractivity contribution in [1.29, 1.82) is 0 Å². The monoisotopic (exact) mass is 232 g/mol. The molecule has 0 aliphatic carbocycles. The fourth-order valence-corrected chi connectivity index (χ4v) is 1.47. The third kappa shape index (κ3) is 2.41. The maximum absolute atomic E-state index is 12.3. The average Bonchev–Trinajstić information content (AvgIpc) is 2.16. The molecule has 0 radical (unpaired) electrons. The molecule has 0 aliphatic rings. The molecule has 0 aliphatic heterocycles. The van der Waals surface area contributed by atoms with Gasteiger partial charge in [0.25, 0.3) is 0 Å². The Labute approximate surface area is 90.7 Å². The van der Waals surface area contributed by atoms with Gasteiger partial charge in [0.15, 0.2) is 6.29 Å². The van der Waals surface area contributed by atoms with Crippen LogP contribution in [0.25, 0.3) is 0 Å². The Morgan fingerprint density at radius 1 is 1.31 bits per heavy atom. The van der Waals surface area contributed by atoms with Crippen LogP contribution in [0.4, 0.5) is 13.2 Å². The summed E-state index contributed by atoms with van der Waals surface area (Å²) in [5.41, 5.74) is -2.15. The van der Waals surface area contributed by atoms with Gasteiger partial charge < -0.3 is 5.11 Å². The van der Waals surface area contributed by atoms with Gasteiger partial charge in [-0.1, -0.05) is 6.07 Å². The zero-order valence-electron chi connectivity index (χ0n) is 8.80. The molecule has 1 rings (SSSR count). The van der Waals surface area contributed by atoms with Crippen LogP contribution in [-0.4, -0.2) is 11.4 Å². The summed E-state index contributed by atoms with van der Waals surface area (Å²) in [7, 11) is 0. The molecule has 0 spiro atoms. The number of rotatable bonds is 2. The van der Waals surface area contributed by atoms with E-state index >= 15 is 0 Å². The molecule has 0 saturated carbocycles. The van der Waals surface area contributed by atoms with Crippen LogP contribution in [-0.2, 0) is 16.6 Å². The summed E-state index contributed by atoms with van der Waals surface area (Å²) < 4.78 is 37.0. The fourth-order valence-electron chi connectivity index (χ4n) is 1.47. The number of carbonyl (C=O) groups excluding carboxylic acids is 1. The lowest BCUT2D eigenvalue weighted by Crippen LogP contribution is -2.24. The third-order valence-electron chi connectivity index (χ3n) is 2.33. The van der Waals surface area contributed by atoms with Crippen molar-refractivity contribution in [2.24, 2.45) is 0 Å². The van der Waals surface area contributed by atoms with E-state index in [1.54, 1.807) is 0 Å². The molecule has 88 valence electrons. The maximum Gasteiger partial charge on any atom is 0.416 e. The first-order valence-corrected chi connectivity index (χ1v) is 4.55. The highest BCUT2D eigenvalue weighted by Gasteiger charge is 2.32. The van der Waals surface area contributed by atoms with Gasteiger partial charge in [-0.3, -0.25) is 4.79 Å². The second kappa shape index (κ2) is 3.90. The number of hydrogen-bond donors (Lipinski definition) is 1. The van der Waals surface area contributed by atoms with Crippen LogP contribution < -0.4 is 0 Å². The average molecular weight is 232 g/mol. The van der Waals surface area contributed by atoms with Crippen molar-refractivity contribution in [2.75, 3.05) is 0 Å². The Kier molecular flexibility index (Phi) is 3.10.